The minimum atomic E-state index is -1.08. The van der Waals surface area contributed by atoms with Gasteiger partial charge in [0.2, 0.25) is 0 Å². The third-order valence-corrected chi connectivity index (χ3v) is 4.04. The van der Waals surface area contributed by atoms with E-state index in [9.17, 15) is 9.59 Å². The van der Waals surface area contributed by atoms with Crippen LogP contribution in [0.15, 0.2) is 30.5 Å². The smallest absolute Gasteiger partial charge is 0.352 e. The Morgan fingerprint density at radius 2 is 2.06 bits per heavy atom. The van der Waals surface area contributed by atoms with E-state index in [-0.39, 0.29) is 11.5 Å². The lowest BCUT2D eigenvalue weighted by Gasteiger charge is -2.04. The average molecular weight is 355 g/mol. The fourth-order valence-corrected chi connectivity index (χ4v) is 2.23. The maximum Gasteiger partial charge on any atom is 0.352 e. The fraction of sp³-hybridized carbons (Fsp3) is 0.0769. The standard InChI is InChI=1S/C13H10INO3/c1-7-3-2-4-9(11(7)14)12(16)8-5-10(13(17)18)15-6-8/h2-6,15H,1H3,(H,17,18). The molecule has 2 N–H and O–H groups in total. The molecule has 0 bridgehead atoms. The molecule has 92 valence electrons. The summed E-state index contributed by atoms with van der Waals surface area (Å²) in [6.45, 7) is 1.93. The van der Waals surface area contributed by atoms with Crippen LogP contribution in [-0.4, -0.2) is 21.8 Å². The Balaban J connectivity index is 2.41. The number of nitrogens with one attached hydrogen (secondary N) is 1. The molecular weight excluding hydrogens is 345 g/mol. The number of aromatic nitrogens is 1. The van der Waals surface area contributed by atoms with Crippen LogP contribution in [0.3, 0.4) is 0 Å². The molecular formula is C13H10INO3. The van der Waals surface area contributed by atoms with E-state index in [0.29, 0.717) is 11.1 Å². The van der Waals surface area contributed by atoms with E-state index in [1.165, 1.54) is 12.3 Å². The molecule has 2 rings (SSSR count). The highest BCUT2D eigenvalue weighted by Crippen LogP contribution is 2.20. The number of H-pyrrole nitrogens is 1. The Bertz CT molecular complexity index is 631. The summed E-state index contributed by atoms with van der Waals surface area (Å²) in [4.78, 5) is 25.6. The number of carboxylic acid groups (broad SMARTS) is 1. The van der Waals surface area contributed by atoms with Gasteiger partial charge in [0.1, 0.15) is 5.69 Å². The monoisotopic (exact) mass is 355 g/mol. The van der Waals surface area contributed by atoms with Crippen LogP contribution in [0.5, 0.6) is 0 Å². The second-order valence-corrected chi connectivity index (χ2v) is 4.95. The third-order valence-electron chi connectivity index (χ3n) is 2.61. The number of ketones is 1. The highest BCUT2D eigenvalue weighted by Gasteiger charge is 2.16. The van der Waals surface area contributed by atoms with Crippen molar-refractivity contribution < 1.29 is 14.7 Å². The van der Waals surface area contributed by atoms with Gasteiger partial charge in [0, 0.05) is 20.9 Å². The number of hydrogen-bond acceptors (Lipinski definition) is 2. The Morgan fingerprint density at radius 1 is 1.33 bits per heavy atom. The van der Waals surface area contributed by atoms with E-state index in [1.54, 1.807) is 6.07 Å². The first kappa shape index (κ1) is 12.8. The van der Waals surface area contributed by atoms with Crippen LogP contribution < -0.4 is 0 Å². The van der Waals surface area contributed by atoms with Crippen LogP contribution in [0, 0.1) is 10.5 Å². The van der Waals surface area contributed by atoms with Crippen molar-refractivity contribution in [2.24, 2.45) is 0 Å². The first-order valence-corrected chi connectivity index (χ1v) is 6.30. The van der Waals surface area contributed by atoms with E-state index in [4.69, 9.17) is 5.11 Å². The lowest BCUT2D eigenvalue weighted by Crippen LogP contribution is -2.03. The van der Waals surface area contributed by atoms with Gasteiger partial charge in [-0.3, -0.25) is 4.79 Å². The number of benzene rings is 1. The van der Waals surface area contributed by atoms with Crippen LogP contribution in [0.1, 0.15) is 32.0 Å². The molecule has 0 spiro atoms. The molecule has 0 saturated carbocycles. The topological polar surface area (TPSA) is 70.2 Å². The zero-order valence-corrected chi connectivity index (χ0v) is 11.7. The number of hydrogen-bond donors (Lipinski definition) is 2. The van der Waals surface area contributed by atoms with Crippen LogP contribution in [0.2, 0.25) is 0 Å². The summed E-state index contributed by atoms with van der Waals surface area (Å²) in [7, 11) is 0. The van der Waals surface area contributed by atoms with E-state index >= 15 is 0 Å². The number of rotatable bonds is 3. The van der Waals surface area contributed by atoms with Gasteiger partial charge in [0.15, 0.2) is 5.78 Å². The highest BCUT2D eigenvalue weighted by molar-refractivity contribution is 14.1. The summed E-state index contributed by atoms with van der Waals surface area (Å²) < 4.78 is 0.887. The third kappa shape index (κ3) is 2.31. The number of carboxylic acids is 1. The van der Waals surface area contributed by atoms with Gasteiger partial charge in [-0.15, -0.1) is 0 Å². The van der Waals surface area contributed by atoms with Gasteiger partial charge in [0.05, 0.1) is 0 Å². The number of aryl methyl sites for hydroxylation is 1. The van der Waals surface area contributed by atoms with Crippen molar-refractivity contribution >= 4 is 34.3 Å². The van der Waals surface area contributed by atoms with Gasteiger partial charge in [0.25, 0.3) is 0 Å². The fourth-order valence-electron chi connectivity index (χ4n) is 1.63. The lowest BCUT2D eigenvalue weighted by atomic mass is 10.0. The molecule has 1 aromatic heterocycles. The van der Waals surface area contributed by atoms with Crippen molar-refractivity contribution in [3.8, 4) is 0 Å². The molecule has 0 fully saturated rings. The van der Waals surface area contributed by atoms with Gasteiger partial charge in [-0.2, -0.15) is 0 Å². The van der Waals surface area contributed by atoms with E-state index < -0.39 is 5.97 Å². The highest BCUT2D eigenvalue weighted by atomic mass is 127. The Kier molecular flexibility index (Phi) is 3.51. The molecule has 1 aromatic carbocycles. The number of carbonyl (C=O) groups is 2. The molecule has 0 amide bonds. The molecule has 18 heavy (non-hydrogen) atoms. The first-order chi connectivity index (χ1) is 8.50. The predicted molar refractivity (Wildman–Crippen MR) is 75.1 cm³/mol. The van der Waals surface area contributed by atoms with Crippen molar-refractivity contribution in [3.63, 3.8) is 0 Å². The van der Waals surface area contributed by atoms with Gasteiger partial charge in [-0.05, 0) is 47.2 Å². The zero-order chi connectivity index (χ0) is 13.3. The molecule has 0 saturated heterocycles. The van der Waals surface area contributed by atoms with Gasteiger partial charge < -0.3 is 10.1 Å². The minimum absolute atomic E-state index is 0.0148. The normalized spacial score (nSPS) is 10.3. The quantitative estimate of drug-likeness (QED) is 0.657. The van der Waals surface area contributed by atoms with E-state index in [2.05, 4.69) is 27.6 Å². The molecule has 2 aromatic rings. The largest absolute Gasteiger partial charge is 0.477 e. The van der Waals surface area contributed by atoms with Gasteiger partial charge >= 0.3 is 5.97 Å². The van der Waals surface area contributed by atoms with Crippen LogP contribution >= 0.6 is 22.6 Å². The van der Waals surface area contributed by atoms with Crippen LogP contribution in [0.4, 0.5) is 0 Å². The number of aromatic amines is 1. The Hall–Kier alpha value is -1.63. The predicted octanol–water partition coefficient (Wildman–Crippen LogP) is 2.86. The van der Waals surface area contributed by atoms with Crippen molar-refractivity contribution in [2.75, 3.05) is 0 Å². The van der Waals surface area contributed by atoms with Gasteiger partial charge in [-0.25, -0.2) is 4.79 Å². The maximum atomic E-state index is 12.2. The molecule has 0 unspecified atom stereocenters. The summed E-state index contributed by atoms with van der Waals surface area (Å²) in [5.41, 5.74) is 1.99. The summed E-state index contributed by atoms with van der Waals surface area (Å²) in [5.74, 6) is -1.25. The van der Waals surface area contributed by atoms with Crippen molar-refractivity contribution in [1.29, 1.82) is 0 Å². The molecule has 0 atom stereocenters. The number of carbonyl (C=O) groups excluding carboxylic acids is 1. The number of aromatic carboxylic acids is 1. The van der Waals surface area contributed by atoms with Crippen molar-refractivity contribution in [3.05, 3.63) is 56.4 Å². The lowest BCUT2D eigenvalue weighted by molar-refractivity contribution is 0.0691. The summed E-state index contributed by atoms with van der Waals surface area (Å²) in [5, 5.41) is 8.81. The van der Waals surface area contributed by atoms with Crippen LogP contribution in [-0.2, 0) is 0 Å². The summed E-state index contributed by atoms with van der Waals surface area (Å²) in [6, 6.07) is 6.83. The molecule has 1 heterocycles. The molecule has 0 aliphatic carbocycles. The minimum Gasteiger partial charge on any atom is -0.477 e. The Morgan fingerprint density at radius 3 is 2.67 bits per heavy atom. The summed E-state index contributed by atoms with van der Waals surface area (Å²) in [6.07, 6.45) is 1.42. The average Bonchev–Trinajstić information content (AvgIpc) is 2.81. The van der Waals surface area contributed by atoms with Crippen molar-refractivity contribution in [1.82, 2.24) is 4.98 Å². The second kappa shape index (κ2) is 4.93. The molecule has 4 nitrogen and oxygen atoms in total. The maximum absolute atomic E-state index is 12.2. The first-order valence-electron chi connectivity index (χ1n) is 5.22. The molecule has 0 aliphatic heterocycles. The zero-order valence-electron chi connectivity index (χ0n) is 9.53. The van der Waals surface area contributed by atoms with Crippen molar-refractivity contribution in [2.45, 2.75) is 6.92 Å². The van der Waals surface area contributed by atoms with Gasteiger partial charge in [-0.1, -0.05) is 12.1 Å². The summed E-state index contributed by atoms with van der Waals surface area (Å²) >= 11 is 2.12. The Labute approximate surface area is 117 Å². The number of halogens is 1. The molecule has 5 heteroatoms. The molecule has 0 radical (unpaired) electrons. The van der Waals surface area contributed by atoms with E-state index in [1.807, 2.05) is 19.1 Å². The molecule has 0 aliphatic rings. The van der Waals surface area contributed by atoms with E-state index in [0.717, 1.165) is 9.13 Å². The second-order valence-electron chi connectivity index (χ2n) is 3.87. The van der Waals surface area contributed by atoms with Crippen LogP contribution in [0.25, 0.3) is 0 Å². The SMILES string of the molecule is Cc1cccc(C(=O)c2c[nH]c(C(=O)O)c2)c1I.